The van der Waals surface area contributed by atoms with Crippen LogP contribution in [0.3, 0.4) is 0 Å². The lowest BCUT2D eigenvalue weighted by molar-refractivity contribution is 0.250. The number of rotatable bonds is 6. The number of hydrogen-bond donors (Lipinski definition) is 3. The fourth-order valence-electron chi connectivity index (χ4n) is 1.42. The molecule has 2 amide bonds. The topological polar surface area (TPSA) is 70.4 Å². The SMILES string of the molecule is CCN(C)CCNC(=O)Nc1ccc(CN)cc1. The van der Waals surface area contributed by atoms with Crippen molar-refractivity contribution in [1.29, 1.82) is 0 Å². The van der Waals surface area contributed by atoms with Crippen LogP contribution in [0.4, 0.5) is 10.5 Å². The number of amides is 2. The van der Waals surface area contributed by atoms with Gasteiger partial charge >= 0.3 is 6.03 Å². The molecule has 0 saturated carbocycles. The van der Waals surface area contributed by atoms with Crippen LogP contribution in [-0.2, 0) is 6.54 Å². The predicted molar refractivity (Wildman–Crippen MR) is 74.5 cm³/mol. The van der Waals surface area contributed by atoms with E-state index in [0.29, 0.717) is 13.1 Å². The zero-order valence-corrected chi connectivity index (χ0v) is 11.1. The van der Waals surface area contributed by atoms with E-state index < -0.39 is 0 Å². The first kappa shape index (κ1) is 14.5. The Morgan fingerprint density at radius 1 is 1.33 bits per heavy atom. The van der Waals surface area contributed by atoms with Crippen molar-refractivity contribution in [2.24, 2.45) is 5.73 Å². The monoisotopic (exact) mass is 250 g/mol. The van der Waals surface area contributed by atoms with Crippen molar-refractivity contribution in [2.45, 2.75) is 13.5 Å². The van der Waals surface area contributed by atoms with E-state index >= 15 is 0 Å². The molecule has 0 unspecified atom stereocenters. The third kappa shape index (κ3) is 5.16. The Morgan fingerprint density at radius 2 is 2.00 bits per heavy atom. The lowest BCUT2D eigenvalue weighted by Gasteiger charge is -2.14. The average molecular weight is 250 g/mol. The molecule has 5 nitrogen and oxygen atoms in total. The maximum Gasteiger partial charge on any atom is 0.319 e. The number of urea groups is 1. The average Bonchev–Trinajstić information content (AvgIpc) is 2.39. The Balaban J connectivity index is 2.30. The van der Waals surface area contributed by atoms with Crippen molar-refractivity contribution in [3.05, 3.63) is 29.8 Å². The summed E-state index contributed by atoms with van der Waals surface area (Å²) in [4.78, 5) is 13.7. The summed E-state index contributed by atoms with van der Waals surface area (Å²) in [6.07, 6.45) is 0. The number of likely N-dealkylation sites (N-methyl/N-ethyl adjacent to an activating group) is 1. The largest absolute Gasteiger partial charge is 0.337 e. The molecular formula is C13H22N4O. The van der Waals surface area contributed by atoms with Crippen LogP contribution in [0.1, 0.15) is 12.5 Å². The maximum absolute atomic E-state index is 11.6. The summed E-state index contributed by atoms with van der Waals surface area (Å²) in [6.45, 7) is 5.05. The molecule has 0 aromatic heterocycles. The highest BCUT2D eigenvalue weighted by molar-refractivity contribution is 5.89. The number of nitrogens with one attached hydrogen (secondary N) is 2. The molecule has 1 aromatic rings. The Hall–Kier alpha value is -1.59. The second-order valence-electron chi connectivity index (χ2n) is 4.18. The standard InChI is InChI=1S/C13H22N4O/c1-3-17(2)9-8-15-13(18)16-12-6-4-11(10-14)5-7-12/h4-7H,3,8-10,14H2,1-2H3,(H2,15,16,18). The van der Waals surface area contributed by atoms with Gasteiger partial charge in [0.25, 0.3) is 0 Å². The molecule has 100 valence electrons. The highest BCUT2D eigenvalue weighted by Gasteiger charge is 2.01. The summed E-state index contributed by atoms with van der Waals surface area (Å²) in [5.41, 5.74) is 7.32. The minimum Gasteiger partial charge on any atom is -0.337 e. The van der Waals surface area contributed by atoms with E-state index in [1.165, 1.54) is 0 Å². The number of nitrogens with two attached hydrogens (primary N) is 1. The number of anilines is 1. The molecule has 1 aromatic carbocycles. The molecule has 0 spiro atoms. The van der Waals surface area contributed by atoms with Gasteiger partial charge in [0.15, 0.2) is 0 Å². The molecule has 0 atom stereocenters. The summed E-state index contributed by atoms with van der Waals surface area (Å²) in [5.74, 6) is 0. The lowest BCUT2D eigenvalue weighted by Crippen LogP contribution is -2.35. The van der Waals surface area contributed by atoms with Crippen molar-refractivity contribution in [3.8, 4) is 0 Å². The van der Waals surface area contributed by atoms with Crippen LogP contribution in [0.5, 0.6) is 0 Å². The third-order valence-corrected chi connectivity index (χ3v) is 2.77. The van der Waals surface area contributed by atoms with Crippen molar-refractivity contribution >= 4 is 11.7 Å². The fourth-order valence-corrected chi connectivity index (χ4v) is 1.42. The highest BCUT2D eigenvalue weighted by Crippen LogP contribution is 2.08. The number of carbonyl (C=O) groups is 1. The fraction of sp³-hybridized carbons (Fsp3) is 0.462. The van der Waals surface area contributed by atoms with Crippen LogP contribution in [0, 0.1) is 0 Å². The van der Waals surface area contributed by atoms with Gasteiger partial charge in [0.1, 0.15) is 0 Å². The molecule has 0 saturated heterocycles. The van der Waals surface area contributed by atoms with Gasteiger partial charge in [0.2, 0.25) is 0 Å². The molecule has 0 radical (unpaired) electrons. The predicted octanol–water partition coefficient (Wildman–Crippen LogP) is 1.22. The minimum absolute atomic E-state index is 0.181. The summed E-state index contributed by atoms with van der Waals surface area (Å²) in [7, 11) is 2.02. The number of hydrogen-bond acceptors (Lipinski definition) is 3. The zero-order chi connectivity index (χ0) is 13.4. The second-order valence-corrected chi connectivity index (χ2v) is 4.18. The van der Waals surface area contributed by atoms with E-state index in [4.69, 9.17) is 5.73 Å². The van der Waals surface area contributed by atoms with E-state index in [-0.39, 0.29) is 6.03 Å². The van der Waals surface area contributed by atoms with Crippen LogP contribution in [0.15, 0.2) is 24.3 Å². The Bertz CT molecular complexity index is 364. The molecule has 18 heavy (non-hydrogen) atoms. The highest BCUT2D eigenvalue weighted by atomic mass is 16.2. The minimum atomic E-state index is -0.181. The van der Waals surface area contributed by atoms with E-state index in [0.717, 1.165) is 24.3 Å². The zero-order valence-electron chi connectivity index (χ0n) is 11.1. The van der Waals surface area contributed by atoms with Crippen LogP contribution in [-0.4, -0.2) is 37.6 Å². The van der Waals surface area contributed by atoms with E-state index in [1.54, 1.807) is 0 Å². The summed E-state index contributed by atoms with van der Waals surface area (Å²) in [6, 6.07) is 7.32. The molecule has 4 N–H and O–H groups in total. The number of benzene rings is 1. The molecule has 0 heterocycles. The number of carbonyl (C=O) groups excluding carboxylic acids is 1. The van der Waals surface area contributed by atoms with E-state index in [2.05, 4.69) is 22.5 Å². The molecule has 0 aliphatic heterocycles. The second kappa shape index (κ2) is 7.68. The van der Waals surface area contributed by atoms with Gasteiger partial charge in [0.05, 0.1) is 0 Å². The summed E-state index contributed by atoms with van der Waals surface area (Å²) in [5, 5.41) is 5.58. The summed E-state index contributed by atoms with van der Waals surface area (Å²) >= 11 is 0. The molecule has 0 aliphatic carbocycles. The molecule has 5 heteroatoms. The van der Waals surface area contributed by atoms with Gasteiger partial charge in [-0.15, -0.1) is 0 Å². The Labute approximate surface area is 108 Å². The normalized spacial score (nSPS) is 10.4. The van der Waals surface area contributed by atoms with Crippen molar-refractivity contribution < 1.29 is 4.79 Å². The lowest BCUT2D eigenvalue weighted by atomic mass is 10.2. The molecule has 0 bridgehead atoms. The maximum atomic E-state index is 11.6. The van der Waals surface area contributed by atoms with Crippen molar-refractivity contribution in [2.75, 3.05) is 32.0 Å². The summed E-state index contributed by atoms with van der Waals surface area (Å²) < 4.78 is 0. The van der Waals surface area contributed by atoms with Crippen LogP contribution in [0.25, 0.3) is 0 Å². The van der Waals surface area contributed by atoms with Gasteiger partial charge in [0, 0.05) is 25.3 Å². The smallest absolute Gasteiger partial charge is 0.319 e. The Morgan fingerprint density at radius 3 is 2.56 bits per heavy atom. The van der Waals surface area contributed by atoms with E-state index in [1.807, 2.05) is 31.3 Å². The molecule has 0 aliphatic rings. The molecule has 1 rings (SSSR count). The van der Waals surface area contributed by atoms with Gasteiger partial charge in [-0.3, -0.25) is 0 Å². The first-order valence-corrected chi connectivity index (χ1v) is 6.18. The third-order valence-electron chi connectivity index (χ3n) is 2.77. The quantitative estimate of drug-likeness (QED) is 0.711. The van der Waals surface area contributed by atoms with Gasteiger partial charge in [-0.2, -0.15) is 0 Å². The van der Waals surface area contributed by atoms with E-state index in [9.17, 15) is 4.79 Å². The van der Waals surface area contributed by atoms with Gasteiger partial charge < -0.3 is 21.3 Å². The molecular weight excluding hydrogens is 228 g/mol. The van der Waals surface area contributed by atoms with Crippen molar-refractivity contribution in [3.63, 3.8) is 0 Å². The molecule has 0 fully saturated rings. The van der Waals surface area contributed by atoms with Crippen molar-refractivity contribution in [1.82, 2.24) is 10.2 Å². The van der Waals surface area contributed by atoms with Gasteiger partial charge in [-0.1, -0.05) is 19.1 Å². The van der Waals surface area contributed by atoms with Gasteiger partial charge in [-0.05, 0) is 31.3 Å². The van der Waals surface area contributed by atoms with Crippen LogP contribution >= 0.6 is 0 Å². The van der Waals surface area contributed by atoms with Crippen LogP contribution < -0.4 is 16.4 Å². The Kier molecular flexibility index (Phi) is 6.18. The first-order valence-electron chi connectivity index (χ1n) is 6.18. The number of nitrogens with zero attached hydrogens (tertiary/aromatic N) is 1. The van der Waals surface area contributed by atoms with Crippen LogP contribution in [0.2, 0.25) is 0 Å². The first-order chi connectivity index (χ1) is 8.65. The van der Waals surface area contributed by atoms with Gasteiger partial charge in [-0.25, -0.2) is 4.79 Å².